The third-order valence-corrected chi connectivity index (χ3v) is 17.3. The second-order valence-corrected chi connectivity index (χ2v) is 30.5. The summed E-state index contributed by atoms with van der Waals surface area (Å²) in [5.41, 5.74) is 1.05. The first-order valence-corrected chi connectivity index (χ1v) is 29.2. The summed E-state index contributed by atoms with van der Waals surface area (Å²) in [5, 5.41) is 0. The summed E-state index contributed by atoms with van der Waals surface area (Å²) in [6.45, 7) is 58.9. The third kappa shape index (κ3) is 20.0. The highest BCUT2D eigenvalue weighted by Gasteiger charge is 2.43. The predicted molar refractivity (Wildman–Crippen MR) is 280 cm³/mol. The molecule has 5 aliphatic heterocycles. The fourth-order valence-electron chi connectivity index (χ4n) is 9.50. The molecule has 0 aromatic carbocycles. The van der Waals surface area contributed by atoms with Gasteiger partial charge in [-0.1, -0.05) is 69.2 Å². The highest BCUT2D eigenvalue weighted by molar-refractivity contribution is 7.99. The van der Waals surface area contributed by atoms with E-state index in [1.165, 1.54) is 31.0 Å². The van der Waals surface area contributed by atoms with E-state index in [1.807, 2.05) is 0 Å². The lowest BCUT2D eigenvalue weighted by molar-refractivity contribution is 0.0620. The van der Waals surface area contributed by atoms with E-state index in [1.54, 1.807) is 0 Å². The summed E-state index contributed by atoms with van der Waals surface area (Å²) in [7, 11) is -3.47. The van der Waals surface area contributed by atoms with Crippen molar-refractivity contribution in [2.45, 2.75) is 244 Å². The van der Waals surface area contributed by atoms with Crippen LogP contribution in [0.15, 0.2) is 0 Å². The van der Waals surface area contributed by atoms with E-state index in [0.29, 0.717) is 46.7 Å². The zero-order valence-corrected chi connectivity index (χ0v) is 48.6. The minimum absolute atomic E-state index is 0.0570. The highest BCUT2D eigenvalue weighted by atomic mass is 32.2. The van der Waals surface area contributed by atoms with Crippen molar-refractivity contribution in [2.75, 3.05) is 54.8 Å². The first-order chi connectivity index (χ1) is 28.2. The van der Waals surface area contributed by atoms with E-state index in [2.05, 4.69) is 209 Å². The molecule has 5 aliphatic rings. The van der Waals surface area contributed by atoms with Crippen LogP contribution < -0.4 is 0 Å². The van der Waals surface area contributed by atoms with Gasteiger partial charge < -0.3 is 4.74 Å². The number of likely N-dealkylation sites (tertiary alicyclic amines) is 1. The molecule has 0 saturated carbocycles. The van der Waals surface area contributed by atoms with Gasteiger partial charge in [0.1, 0.15) is 5.88 Å². The van der Waals surface area contributed by atoms with Crippen LogP contribution in [0.5, 0.6) is 0 Å². The second-order valence-electron chi connectivity index (χ2n) is 25.9. The zero-order valence-electron chi connectivity index (χ0n) is 46.1. The number of ether oxygens (including phenoxy) is 1. The molecule has 0 aromatic rings. The van der Waals surface area contributed by atoms with Gasteiger partial charge in [0.2, 0.25) is 0 Å². The lowest BCUT2D eigenvalue weighted by Crippen LogP contribution is -2.47. The standard InChI is InChI=1S/C11H23N.C10H21NO2S.C10H21NOS.C10H21NO.C10H21NS/c1-9(2)10-7-6-8-12(10)11(3,4)5;1-8(2)9-6-14(12,13)7-11(9)10(3,4)5;1-8(2)9-6-13(12)7-11(9)10(3,4)5;2*1-8(2)9-6-12-7-11(9)10(3,4)5/h9-10H,6-8H2,1-5H3;8-9H,6-7H2,1-5H3;8-9H,6-7H2,1-5H3;2*8-9H,6-7H2,1-5H3. The van der Waals surface area contributed by atoms with Crippen molar-refractivity contribution in [2.24, 2.45) is 29.6 Å². The van der Waals surface area contributed by atoms with Crippen LogP contribution >= 0.6 is 11.8 Å². The molecule has 0 N–H and O–H groups in total. The van der Waals surface area contributed by atoms with Crippen LogP contribution in [-0.4, -0.2) is 150 Å². The molecule has 0 aliphatic carbocycles. The Morgan fingerprint density at radius 3 is 1.29 bits per heavy atom. The summed E-state index contributed by atoms with van der Waals surface area (Å²) in [6.07, 6.45) is 2.79. The van der Waals surface area contributed by atoms with Crippen LogP contribution in [0.25, 0.3) is 0 Å². The van der Waals surface area contributed by atoms with Crippen molar-refractivity contribution >= 4 is 32.4 Å². The molecule has 9 nitrogen and oxygen atoms in total. The van der Waals surface area contributed by atoms with Crippen molar-refractivity contribution < 1.29 is 17.4 Å². The van der Waals surface area contributed by atoms with Crippen molar-refractivity contribution in [3.63, 3.8) is 0 Å². The van der Waals surface area contributed by atoms with Gasteiger partial charge in [-0.2, -0.15) is 0 Å². The van der Waals surface area contributed by atoms with Crippen LogP contribution in [0.4, 0.5) is 0 Å². The Bertz CT molecular complexity index is 1370. The number of hydrogen-bond acceptors (Lipinski definition) is 10. The maximum Gasteiger partial charge on any atom is 0.165 e. The van der Waals surface area contributed by atoms with E-state index in [9.17, 15) is 12.6 Å². The van der Waals surface area contributed by atoms with E-state index >= 15 is 0 Å². The van der Waals surface area contributed by atoms with Crippen LogP contribution in [0.3, 0.4) is 0 Å². The minimum atomic E-state index is -2.85. The maximum absolute atomic E-state index is 11.6. The fourth-order valence-corrected chi connectivity index (χ4v) is 15.3. The molecule has 0 bridgehead atoms. The first kappa shape index (κ1) is 61.2. The summed E-state index contributed by atoms with van der Waals surface area (Å²) in [5.74, 6) is 7.97. The van der Waals surface area contributed by atoms with E-state index in [0.717, 1.165) is 48.9 Å². The molecule has 378 valence electrons. The number of sulfone groups is 1. The minimum Gasteiger partial charge on any atom is -0.364 e. The Balaban J connectivity index is 0.000000394. The van der Waals surface area contributed by atoms with E-state index in [4.69, 9.17) is 4.74 Å². The largest absolute Gasteiger partial charge is 0.364 e. The van der Waals surface area contributed by atoms with Gasteiger partial charge >= 0.3 is 0 Å². The SMILES string of the molecule is CC(C)C1CCCN1C(C)(C)C.CC(C)C1COCN1C(C)(C)C.CC(C)C1CS(=O)(=O)CN1C(C)(C)C.CC(C)C1CS(=O)CN1C(C)(C)C.CC(C)C1CSCN1C(C)(C)C. The topological polar surface area (TPSA) is 76.6 Å². The van der Waals surface area contributed by atoms with Gasteiger partial charge in [0.15, 0.2) is 9.84 Å². The van der Waals surface area contributed by atoms with Gasteiger partial charge in [-0.3, -0.25) is 28.7 Å². The molecule has 6 unspecified atom stereocenters. The quantitative estimate of drug-likeness (QED) is 0.266. The summed E-state index contributed by atoms with van der Waals surface area (Å²) in [6, 6.07) is 2.89. The normalized spacial score (nSPS) is 28.3. The van der Waals surface area contributed by atoms with Crippen LogP contribution in [0.2, 0.25) is 0 Å². The van der Waals surface area contributed by atoms with Gasteiger partial charge in [0, 0.05) is 86.1 Å². The molecule has 0 amide bonds. The fraction of sp³-hybridized carbons (Fsp3) is 1.00. The number of nitrogens with zero attached hydrogens (tertiary/aromatic N) is 5. The van der Waals surface area contributed by atoms with Crippen molar-refractivity contribution in [3.05, 3.63) is 0 Å². The zero-order chi connectivity index (χ0) is 49.4. The molecular weight excluding hydrogens is 843 g/mol. The molecule has 6 atom stereocenters. The highest BCUT2D eigenvalue weighted by Crippen LogP contribution is 2.34. The Kier molecular flexibility index (Phi) is 24.0. The van der Waals surface area contributed by atoms with Crippen molar-refractivity contribution in [1.29, 1.82) is 0 Å². The van der Waals surface area contributed by atoms with Crippen LogP contribution in [0, 0.1) is 29.6 Å². The van der Waals surface area contributed by atoms with Crippen molar-refractivity contribution in [3.8, 4) is 0 Å². The van der Waals surface area contributed by atoms with Crippen LogP contribution in [-0.2, 0) is 25.4 Å². The van der Waals surface area contributed by atoms with Gasteiger partial charge in [-0.15, -0.1) is 11.8 Å². The summed E-state index contributed by atoms with van der Waals surface area (Å²) in [4.78, 5) is 12.2. The molecule has 5 heterocycles. The summed E-state index contributed by atoms with van der Waals surface area (Å²) >= 11 is 2.07. The van der Waals surface area contributed by atoms with Gasteiger partial charge in [0.05, 0.1) is 25.0 Å². The molecule has 12 heteroatoms. The Morgan fingerprint density at radius 1 is 0.540 bits per heavy atom. The number of thioether (sulfide) groups is 1. The predicted octanol–water partition coefficient (Wildman–Crippen LogP) is 11.1. The first-order valence-electron chi connectivity index (χ1n) is 24.8. The Labute approximate surface area is 400 Å². The van der Waals surface area contributed by atoms with Gasteiger partial charge in [-0.05, 0) is 153 Å². The molecule has 0 radical (unpaired) electrons. The number of hydrogen-bond donors (Lipinski definition) is 0. The van der Waals surface area contributed by atoms with Crippen molar-refractivity contribution in [1.82, 2.24) is 24.5 Å². The lowest BCUT2D eigenvalue weighted by atomic mass is 9.97. The Hall–Kier alpha value is 0.210. The average Bonchev–Trinajstić information content (AvgIpc) is 3.92. The van der Waals surface area contributed by atoms with E-state index < -0.39 is 20.6 Å². The smallest absolute Gasteiger partial charge is 0.165 e. The van der Waals surface area contributed by atoms with Gasteiger partial charge in [0.25, 0.3) is 0 Å². The molecule has 5 fully saturated rings. The van der Waals surface area contributed by atoms with Gasteiger partial charge in [-0.25, -0.2) is 8.42 Å². The summed E-state index contributed by atoms with van der Waals surface area (Å²) < 4.78 is 40.1. The second kappa shape index (κ2) is 24.7. The third-order valence-electron chi connectivity index (χ3n) is 13.5. The lowest BCUT2D eigenvalue weighted by Gasteiger charge is -2.38. The molecule has 0 aromatic heterocycles. The monoisotopic (exact) mass is 950 g/mol. The molecule has 63 heavy (non-hydrogen) atoms. The number of rotatable bonds is 5. The molecule has 5 saturated heterocycles. The molecule has 0 spiro atoms. The van der Waals surface area contributed by atoms with Crippen LogP contribution in [0.1, 0.15) is 186 Å². The maximum atomic E-state index is 11.6. The Morgan fingerprint density at radius 2 is 0.968 bits per heavy atom. The average molecular weight is 951 g/mol. The molecule has 5 rings (SSSR count). The van der Waals surface area contributed by atoms with E-state index in [-0.39, 0.29) is 28.5 Å². The molecular formula is C51H107N5O4S3.